The van der Waals surface area contributed by atoms with Crippen molar-refractivity contribution in [2.45, 2.75) is 25.7 Å². The first kappa shape index (κ1) is 10.5. The zero-order valence-corrected chi connectivity index (χ0v) is 8.81. The second-order valence-electron chi connectivity index (χ2n) is 3.90. The highest BCUT2D eigenvalue weighted by Crippen LogP contribution is 2.18. The molecule has 4 heteroatoms. The highest BCUT2D eigenvalue weighted by molar-refractivity contribution is 5.17. The number of aromatic nitrogens is 1. The van der Waals surface area contributed by atoms with Gasteiger partial charge in [0.15, 0.2) is 6.29 Å². The summed E-state index contributed by atoms with van der Waals surface area (Å²) in [6.45, 7) is 3.72. The molecule has 1 aromatic heterocycles. The summed E-state index contributed by atoms with van der Waals surface area (Å²) in [7, 11) is 0. The number of aliphatic hydroxyl groups excluding tert-OH is 1. The van der Waals surface area contributed by atoms with E-state index in [1.165, 1.54) is 0 Å². The van der Waals surface area contributed by atoms with E-state index in [0.29, 0.717) is 0 Å². The van der Waals surface area contributed by atoms with Gasteiger partial charge in [-0.05, 0) is 31.5 Å². The van der Waals surface area contributed by atoms with Crippen LogP contribution in [0.3, 0.4) is 0 Å². The molecule has 0 bridgehead atoms. The van der Waals surface area contributed by atoms with E-state index in [1.807, 2.05) is 13.0 Å². The third-order valence-corrected chi connectivity index (χ3v) is 2.52. The van der Waals surface area contributed by atoms with Crippen molar-refractivity contribution in [3.05, 3.63) is 29.6 Å². The van der Waals surface area contributed by atoms with Crippen molar-refractivity contribution in [3.63, 3.8) is 0 Å². The first-order chi connectivity index (χ1) is 7.25. The number of aliphatic hydroxyl groups is 1. The van der Waals surface area contributed by atoms with Crippen LogP contribution in [0.4, 0.5) is 0 Å². The average molecular weight is 208 g/mol. The van der Waals surface area contributed by atoms with Gasteiger partial charge in [-0.15, -0.1) is 0 Å². The van der Waals surface area contributed by atoms with Gasteiger partial charge < -0.3 is 15.2 Å². The molecule has 1 aliphatic heterocycles. The van der Waals surface area contributed by atoms with E-state index in [2.05, 4.69) is 10.3 Å². The van der Waals surface area contributed by atoms with Crippen molar-refractivity contribution in [2.75, 3.05) is 13.1 Å². The first-order valence-electron chi connectivity index (χ1n) is 5.21. The topological polar surface area (TPSA) is 54.4 Å². The van der Waals surface area contributed by atoms with Crippen LogP contribution in [-0.2, 0) is 4.74 Å². The lowest BCUT2D eigenvalue weighted by Crippen LogP contribution is -2.19. The molecule has 15 heavy (non-hydrogen) atoms. The Morgan fingerprint density at radius 3 is 3.13 bits per heavy atom. The Kier molecular flexibility index (Phi) is 3.30. The van der Waals surface area contributed by atoms with Crippen molar-refractivity contribution in [1.82, 2.24) is 10.3 Å². The summed E-state index contributed by atoms with van der Waals surface area (Å²) < 4.78 is 5.51. The molecule has 1 fully saturated rings. The van der Waals surface area contributed by atoms with Crippen LogP contribution < -0.4 is 5.32 Å². The van der Waals surface area contributed by atoms with Crippen molar-refractivity contribution in [3.8, 4) is 0 Å². The number of nitrogens with one attached hydrogen (secondary N) is 1. The number of rotatable bonds is 3. The zero-order chi connectivity index (χ0) is 10.7. The number of ether oxygens (including phenoxy) is 1. The standard InChI is InChI=1S/C11H16N2O2/c1-8-4-9(6-13-5-8)11(14)15-10-2-3-12-7-10/h4-6,10-12,14H,2-3,7H2,1H3/t10-,11?/m0/s1. The van der Waals surface area contributed by atoms with Crippen LogP contribution in [-0.4, -0.2) is 29.3 Å². The van der Waals surface area contributed by atoms with Gasteiger partial charge in [-0.1, -0.05) is 0 Å². The SMILES string of the molecule is Cc1cncc(C(O)O[C@H]2CCNC2)c1. The van der Waals surface area contributed by atoms with E-state index in [4.69, 9.17) is 4.74 Å². The molecule has 2 atom stereocenters. The van der Waals surface area contributed by atoms with E-state index >= 15 is 0 Å². The maximum absolute atomic E-state index is 9.82. The molecule has 0 saturated carbocycles. The normalized spacial score (nSPS) is 22.9. The van der Waals surface area contributed by atoms with E-state index in [-0.39, 0.29) is 6.10 Å². The van der Waals surface area contributed by atoms with E-state index in [1.54, 1.807) is 12.4 Å². The largest absolute Gasteiger partial charge is 0.364 e. The third-order valence-electron chi connectivity index (χ3n) is 2.52. The Bertz CT molecular complexity index is 324. The molecule has 1 aromatic rings. The Balaban J connectivity index is 1.97. The first-order valence-corrected chi connectivity index (χ1v) is 5.21. The van der Waals surface area contributed by atoms with Crippen LogP contribution in [0, 0.1) is 6.92 Å². The minimum Gasteiger partial charge on any atom is -0.364 e. The van der Waals surface area contributed by atoms with E-state index in [9.17, 15) is 5.11 Å². The van der Waals surface area contributed by atoms with Gasteiger partial charge in [0.25, 0.3) is 0 Å². The average Bonchev–Trinajstić information content (AvgIpc) is 2.70. The van der Waals surface area contributed by atoms with E-state index < -0.39 is 6.29 Å². The quantitative estimate of drug-likeness (QED) is 0.720. The molecule has 1 unspecified atom stereocenters. The molecule has 1 aliphatic rings. The highest BCUT2D eigenvalue weighted by atomic mass is 16.6. The van der Waals surface area contributed by atoms with Crippen molar-refractivity contribution >= 4 is 0 Å². The minimum absolute atomic E-state index is 0.112. The van der Waals surface area contributed by atoms with Crippen molar-refractivity contribution < 1.29 is 9.84 Å². The second-order valence-corrected chi connectivity index (χ2v) is 3.90. The Morgan fingerprint density at radius 2 is 2.47 bits per heavy atom. The predicted molar refractivity (Wildman–Crippen MR) is 56.3 cm³/mol. The molecule has 2 rings (SSSR count). The third kappa shape index (κ3) is 2.75. The van der Waals surface area contributed by atoms with Gasteiger partial charge in [0.2, 0.25) is 0 Å². The van der Waals surface area contributed by atoms with Crippen molar-refractivity contribution in [1.29, 1.82) is 0 Å². The predicted octanol–water partition coefficient (Wildman–Crippen LogP) is 0.759. The van der Waals surface area contributed by atoms with Gasteiger partial charge in [-0.25, -0.2) is 0 Å². The summed E-state index contributed by atoms with van der Waals surface area (Å²) in [5, 5.41) is 13.0. The Morgan fingerprint density at radius 1 is 1.60 bits per heavy atom. The lowest BCUT2D eigenvalue weighted by molar-refractivity contribution is -0.133. The van der Waals surface area contributed by atoms with Crippen LogP contribution in [0.2, 0.25) is 0 Å². The Labute approximate surface area is 89.3 Å². The fourth-order valence-electron chi connectivity index (χ4n) is 1.72. The molecule has 2 heterocycles. The molecular weight excluding hydrogens is 192 g/mol. The van der Waals surface area contributed by atoms with Gasteiger partial charge in [0, 0.05) is 24.5 Å². The van der Waals surface area contributed by atoms with Gasteiger partial charge >= 0.3 is 0 Å². The number of pyridine rings is 1. The smallest absolute Gasteiger partial charge is 0.183 e. The van der Waals surface area contributed by atoms with Crippen LogP contribution in [0.1, 0.15) is 23.8 Å². The maximum Gasteiger partial charge on any atom is 0.183 e. The summed E-state index contributed by atoms with van der Waals surface area (Å²) in [5.41, 5.74) is 1.75. The van der Waals surface area contributed by atoms with Crippen LogP contribution in [0.25, 0.3) is 0 Å². The van der Waals surface area contributed by atoms with Crippen LogP contribution in [0.5, 0.6) is 0 Å². The maximum atomic E-state index is 9.82. The molecule has 4 nitrogen and oxygen atoms in total. The summed E-state index contributed by atoms with van der Waals surface area (Å²) in [6, 6.07) is 1.89. The fourth-order valence-corrected chi connectivity index (χ4v) is 1.72. The number of hydrogen-bond acceptors (Lipinski definition) is 4. The zero-order valence-electron chi connectivity index (χ0n) is 8.81. The van der Waals surface area contributed by atoms with Gasteiger partial charge in [-0.2, -0.15) is 0 Å². The fraction of sp³-hybridized carbons (Fsp3) is 0.545. The number of hydrogen-bond donors (Lipinski definition) is 2. The molecular formula is C11H16N2O2. The highest BCUT2D eigenvalue weighted by Gasteiger charge is 2.19. The summed E-state index contributed by atoms with van der Waals surface area (Å²) in [5.74, 6) is 0. The Hall–Kier alpha value is -0.970. The molecule has 0 aliphatic carbocycles. The van der Waals surface area contributed by atoms with E-state index in [0.717, 1.165) is 30.6 Å². The van der Waals surface area contributed by atoms with Crippen molar-refractivity contribution in [2.24, 2.45) is 0 Å². The van der Waals surface area contributed by atoms with Gasteiger partial charge in [0.05, 0.1) is 6.10 Å². The molecule has 0 amide bonds. The minimum atomic E-state index is -0.859. The lowest BCUT2D eigenvalue weighted by atomic mass is 10.2. The molecule has 0 radical (unpaired) electrons. The molecule has 0 spiro atoms. The van der Waals surface area contributed by atoms with Crippen LogP contribution >= 0.6 is 0 Å². The molecule has 1 saturated heterocycles. The monoisotopic (exact) mass is 208 g/mol. The summed E-state index contributed by atoms with van der Waals surface area (Å²) in [6.07, 6.45) is 3.60. The molecule has 2 N–H and O–H groups in total. The van der Waals surface area contributed by atoms with Gasteiger partial charge in [-0.3, -0.25) is 4.98 Å². The van der Waals surface area contributed by atoms with Crippen LogP contribution in [0.15, 0.2) is 18.5 Å². The summed E-state index contributed by atoms with van der Waals surface area (Å²) >= 11 is 0. The second kappa shape index (κ2) is 4.70. The lowest BCUT2D eigenvalue weighted by Gasteiger charge is -2.16. The number of nitrogens with zero attached hydrogens (tertiary/aromatic N) is 1. The summed E-state index contributed by atoms with van der Waals surface area (Å²) in [4.78, 5) is 4.02. The number of aryl methyl sites for hydroxylation is 1. The van der Waals surface area contributed by atoms with Gasteiger partial charge in [0.1, 0.15) is 0 Å². The molecule has 82 valence electrons. The molecule has 0 aromatic carbocycles.